The Morgan fingerprint density at radius 2 is 1.40 bits per heavy atom. The van der Waals surface area contributed by atoms with Crippen molar-refractivity contribution in [2.45, 2.75) is 209 Å². The third kappa shape index (κ3) is 13.2. The minimum absolute atomic E-state index is 0. The number of carbonyl (C=O) groups excluding carboxylic acids is 1. The zero-order valence-electron chi connectivity index (χ0n) is 35.1. The molecule has 3 fully saturated rings. The van der Waals surface area contributed by atoms with Gasteiger partial charge in [0.25, 0.3) is 0 Å². The zero-order valence-corrected chi connectivity index (χ0v) is 35.1. The fraction of sp³-hybridized carbons (Fsp3) is 0.977. The Morgan fingerprint density at radius 3 is 1.91 bits per heavy atom. The van der Waals surface area contributed by atoms with Gasteiger partial charge in [-0.3, -0.25) is 4.79 Å². The van der Waals surface area contributed by atoms with E-state index < -0.39 is 102 Å². The quantitative estimate of drug-likeness (QED) is 0.243. The van der Waals surface area contributed by atoms with E-state index in [-0.39, 0.29) is 60.6 Å². The maximum absolute atomic E-state index is 14.3. The van der Waals surface area contributed by atoms with E-state index in [1.807, 2.05) is 60.7 Å². The predicted octanol–water partition coefficient (Wildman–Crippen LogP) is 4.96. The van der Waals surface area contributed by atoms with E-state index in [2.05, 4.69) is 4.90 Å². The molecule has 0 bridgehead atoms. The molecule has 3 saturated heterocycles. The minimum Gasteiger partial charge on any atom is -0.459 e. The van der Waals surface area contributed by atoms with Crippen LogP contribution in [0.15, 0.2) is 0 Å². The number of hydrogen-bond donors (Lipinski definition) is 4. The van der Waals surface area contributed by atoms with Gasteiger partial charge in [0.2, 0.25) is 0 Å². The maximum atomic E-state index is 14.3. The minimum atomic E-state index is -1.79. The van der Waals surface area contributed by atoms with Gasteiger partial charge in [-0.15, -0.1) is 0 Å². The lowest BCUT2D eigenvalue weighted by Crippen LogP contribution is -2.60. The van der Waals surface area contributed by atoms with Gasteiger partial charge in [0.15, 0.2) is 12.6 Å². The molecular formula is C43H90N2O12. The largest absolute Gasteiger partial charge is 0.459 e. The molecule has 14 heteroatoms. The Morgan fingerprint density at radius 1 is 0.842 bits per heavy atom. The highest BCUT2D eigenvalue weighted by molar-refractivity contribution is 5.73. The number of esters is 1. The van der Waals surface area contributed by atoms with Crippen molar-refractivity contribution in [3.8, 4) is 0 Å². The fourth-order valence-electron chi connectivity index (χ4n) is 9.03. The lowest BCUT2D eigenvalue weighted by molar-refractivity contribution is -0.321. The molecule has 3 aliphatic rings. The van der Waals surface area contributed by atoms with Crippen molar-refractivity contribution in [1.29, 1.82) is 0 Å². The van der Waals surface area contributed by atoms with Crippen LogP contribution in [0.4, 0.5) is 0 Å². The van der Waals surface area contributed by atoms with Crippen LogP contribution in [-0.4, -0.2) is 169 Å². The summed E-state index contributed by atoms with van der Waals surface area (Å²) < 4.78 is 44.2. The third-order valence-electron chi connectivity index (χ3n) is 12.3. The first-order chi connectivity index (χ1) is 24.5. The standard InChI is InChI=1S/C39H74N2O12.4CH4/c1-16-28-39(10,46)33(43)25(7)41(13)19-20(2)18-38(9,45)34(53-37-32(48-15)27(40(11)12)17-21(3)49-37)22(4)30(23(5)35(44)51-28)52-36-24(6)31(47-14)29(42)26(8)50-36;;;;/h20-34,36-37,42-43,45-46H,16-19H2,1-15H3;4*1H4. The molecule has 0 radical (unpaired) electrons. The molecule has 0 aromatic heterocycles. The summed E-state index contributed by atoms with van der Waals surface area (Å²) in [5, 5.41) is 46.8. The Kier molecular flexibility index (Phi) is 24.3. The van der Waals surface area contributed by atoms with E-state index in [1.54, 1.807) is 34.8 Å². The molecule has 0 aliphatic carbocycles. The third-order valence-corrected chi connectivity index (χ3v) is 12.3. The molecule has 19 unspecified atom stereocenters. The number of likely N-dealkylation sites (N-methyl/N-ethyl adjacent to an activating group) is 2. The molecule has 0 aromatic carbocycles. The molecule has 0 saturated carbocycles. The molecular weight excluding hydrogens is 736 g/mol. The van der Waals surface area contributed by atoms with Crippen LogP contribution in [0.25, 0.3) is 0 Å². The SMILES string of the molecule is C.C.C.C.CCC1OC(=O)C(C)C(OC2OC(C)C(O)C(OC)C2C)C(C)C(OC2OC(C)CC(N(C)C)C2OC)C(C)(O)CC(C)CN(C)C(C)C(O)C1(C)O. The number of rotatable bonds is 8. The number of nitrogens with zero attached hydrogens (tertiary/aromatic N) is 2. The molecule has 344 valence electrons. The van der Waals surface area contributed by atoms with Crippen molar-refractivity contribution in [3.05, 3.63) is 0 Å². The van der Waals surface area contributed by atoms with Crippen LogP contribution in [0.5, 0.6) is 0 Å². The van der Waals surface area contributed by atoms with Gasteiger partial charge in [-0.25, -0.2) is 0 Å². The van der Waals surface area contributed by atoms with E-state index in [0.29, 0.717) is 13.0 Å². The van der Waals surface area contributed by atoms with Gasteiger partial charge in [0.05, 0.1) is 42.0 Å². The van der Waals surface area contributed by atoms with Crippen molar-refractivity contribution < 1.29 is 58.4 Å². The first-order valence-corrected chi connectivity index (χ1v) is 19.6. The molecule has 0 amide bonds. The molecule has 3 rings (SSSR count). The van der Waals surface area contributed by atoms with E-state index in [4.69, 9.17) is 33.2 Å². The van der Waals surface area contributed by atoms with Crippen LogP contribution in [0.2, 0.25) is 0 Å². The summed E-state index contributed by atoms with van der Waals surface area (Å²) in [6.07, 6.45) is -7.62. The molecule has 0 aromatic rings. The lowest BCUT2D eigenvalue weighted by Gasteiger charge is -2.49. The number of methoxy groups -OCH3 is 2. The number of aliphatic hydroxyl groups excluding tert-OH is 2. The second kappa shape index (κ2) is 23.8. The second-order valence-electron chi connectivity index (χ2n) is 17.2. The van der Waals surface area contributed by atoms with Crippen molar-refractivity contribution in [3.63, 3.8) is 0 Å². The Hall–Kier alpha value is -1.01. The molecule has 3 heterocycles. The smallest absolute Gasteiger partial charge is 0.311 e. The van der Waals surface area contributed by atoms with Crippen molar-refractivity contribution in [2.75, 3.05) is 41.9 Å². The summed E-state index contributed by atoms with van der Waals surface area (Å²) >= 11 is 0. The number of carbonyl (C=O) groups is 1. The van der Waals surface area contributed by atoms with Crippen molar-refractivity contribution >= 4 is 5.97 Å². The predicted molar refractivity (Wildman–Crippen MR) is 226 cm³/mol. The molecule has 14 nitrogen and oxygen atoms in total. The number of hydrogen-bond acceptors (Lipinski definition) is 14. The average Bonchev–Trinajstić information content (AvgIpc) is 3.08. The topological polar surface area (TPSA) is 169 Å². The van der Waals surface area contributed by atoms with Crippen LogP contribution < -0.4 is 0 Å². The Bertz CT molecular complexity index is 1150. The summed E-state index contributed by atoms with van der Waals surface area (Å²) in [5.41, 5.74) is -3.29. The van der Waals surface area contributed by atoms with Crippen LogP contribution in [0.1, 0.15) is 118 Å². The second-order valence-corrected chi connectivity index (χ2v) is 17.2. The van der Waals surface area contributed by atoms with E-state index in [1.165, 1.54) is 14.0 Å². The zero-order chi connectivity index (χ0) is 40.3. The first kappa shape index (κ1) is 58.1. The van der Waals surface area contributed by atoms with Crippen molar-refractivity contribution in [2.24, 2.45) is 23.7 Å². The number of cyclic esters (lactones) is 1. The summed E-state index contributed by atoms with van der Waals surface area (Å²) in [7, 11) is 8.98. The van der Waals surface area contributed by atoms with Gasteiger partial charge in [-0.1, -0.05) is 57.4 Å². The maximum Gasteiger partial charge on any atom is 0.311 e. The summed E-state index contributed by atoms with van der Waals surface area (Å²) in [5.74, 6) is -2.89. The summed E-state index contributed by atoms with van der Waals surface area (Å²) in [6.45, 7) is 18.5. The van der Waals surface area contributed by atoms with Gasteiger partial charge >= 0.3 is 5.97 Å². The van der Waals surface area contributed by atoms with Gasteiger partial charge in [-0.2, -0.15) is 0 Å². The molecule has 0 spiro atoms. The molecule has 19 atom stereocenters. The van der Waals surface area contributed by atoms with E-state index in [0.717, 1.165) is 0 Å². The highest BCUT2D eigenvalue weighted by atomic mass is 16.7. The highest BCUT2D eigenvalue weighted by Crippen LogP contribution is 2.40. The van der Waals surface area contributed by atoms with Gasteiger partial charge in [-0.05, 0) is 87.9 Å². The fourth-order valence-corrected chi connectivity index (χ4v) is 9.03. The Balaban J connectivity index is 0. The monoisotopic (exact) mass is 827 g/mol. The van der Waals surface area contributed by atoms with Crippen LogP contribution >= 0.6 is 0 Å². The molecule has 3 aliphatic heterocycles. The lowest BCUT2D eigenvalue weighted by atomic mass is 9.77. The van der Waals surface area contributed by atoms with Gasteiger partial charge in [0, 0.05) is 44.7 Å². The van der Waals surface area contributed by atoms with Gasteiger partial charge in [0.1, 0.15) is 30.0 Å². The molecule has 57 heavy (non-hydrogen) atoms. The average molecular weight is 827 g/mol. The van der Waals surface area contributed by atoms with Crippen molar-refractivity contribution in [1.82, 2.24) is 9.80 Å². The summed E-state index contributed by atoms with van der Waals surface area (Å²) in [6, 6.07) is -0.555. The number of aliphatic hydroxyl groups is 4. The van der Waals surface area contributed by atoms with Crippen LogP contribution in [-0.2, 0) is 38.0 Å². The Labute approximate surface area is 348 Å². The van der Waals surface area contributed by atoms with Crippen LogP contribution in [0, 0.1) is 23.7 Å². The summed E-state index contributed by atoms with van der Waals surface area (Å²) in [4.78, 5) is 18.3. The number of ether oxygens (including phenoxy) is 7. The van der Waals surface area contributed by atoms with Crippen LogP contribution in [0.3, 0.4) is 0 Å². The first-order valence-electron chi connectivity index (χ1n) is 19.6. The van der Waals surface area contributed by atoms with E-state index in [9.17, 15) is 25.2 Å². The normalized spacial score (nSPS) is 45.5. The molecule has 4 N–H and O–H groups in total. The van der Waals surface area contributed by atoms with Gasteiger partial charge < -0.3 is 63.4 Å². The highest BCUT2D eigenvalue weighted by Gasteiger charge is 2.52. The van der Waals surface area contributed by atoms with E-state index >= 15 is 0 Å².